The van der Waals surface area contributed by atoms with Gasteiger partial charge in [0.05, 0.1) is 19.8 Å². The third-order valence-corrected chi connectivity index (χ3v) is 3.43. The van der Waals surface area contributed by atoms with Gasteiger partial charge in [-0.05, 0) is 19.1 Å². The molecule has 0 fully saturated rings. The third kappa shape index (κ3) is 3.65. The summed E-state index contributed by atoms with van der Waals surface area (Å²) >= 11 is 0. The second-order valence-corrected chi connectivity index (χ2v) is 5.01. The Kier molecular flexibility index (Phi) is 5.42. The Morgan fingerprint density at radius 2 is 1.50 bits per heavy atom. The topological polar surface area (TPSA) is 82.1 Å². The number of benzene rings is 2. The lowest BCUT2D eigenvalue weighted by Gasteiger charge is -2.14. The molecule has 0 aliphatic rings. The van der Waals surface area contributed by atoms with E-state index in [1.54, 1.807) is 30.3 Å². The Hall–Kier alpha value is -3.02. The summed E-state index contributed by atoms with van der Waals surface area (Å²) in [5.41, 5.74) is 0.563. The van der Waals surface area contributed by atoms with Crippen molar-refractivity contribution in [3.05, 3.63) is 53.6 Å². The van der Waals surface area contributed by atoms with Crippen LogP contribution in [0.25, 0.3) is 0 Å². The van der Waals surface area contributed by atoms with E-state index in [1.165, 1.54) is 33.3 Å². The summed E-state index contributed by atoms with van der Waals surface area (Å²) in [6.45, 7) is 1.50. The summed E-state index contributed by atoms with van der Waals surface area (Å²) in [5, 5.41) is 9.86. The van der Waals surface area contributed by atoms with Gasteiger partial charge in [-0.15, -0.1) is 0 Å². The van der Waals surface area contributed by atoms with Crippen molar-refractivity contribution in [2.75, 3.05) is 14.2 Å². The minimum Gasteiger partial charge on any atom is -0.502 e. The van der Waals surface area contributed by atoms with Gasteiger partial charge in [0.25, 0.3) is 0 Å². The normalized spacial score (nSPS) is 11.5. The standard InChI is InChI=1S/C18H18O6/c1-11(16(19)12-7-5-4-6-8-12)24-18(21)13-9-14(22-2)17(20)15(10-13)23-3/h4-11,20H,1-3H3. The Labute approximate surface area is 139 Å². The molecule has 1 atom stereocenters. The molecule has 6 heteroatoms. The highest BCUT2D eigenvalue weighted by atomic mass is 16.5. The zero-order valence-electron chi connectivity index (χ0n) is 13.6. The fourth-order valence-corrected chi connectivity index (χ4v) is 2.13. The summed E-state index contributed by atoms with van der Waals surface area (Å²) in [7, 11) is 2.70. The zero-order chi connectivity index (χ0) is 17.7. The molecule has 0 aromatic heterocycles. The first-order chi connectivity index (χ1) is 11.5. The van der Waals surface area contributed by atoms with Gasteiger partial charge in [0.15, 0.2) is 17.6 Å². The van der Waals surface area contributed by atoms with E-state index < -0.39 is 12.1 Å². The highest BCUT2D eigenvalue weighted by Gasteiger charge is 2.22. The van der Waals surface area contributed by atoms with E-state index in [4.69, 9.17) is 14.2 Å². The third-order valence-electron chi connectivity index (χ3n) is 3.43. The van der Waals surface area contributed by atoms with Crippen molar-refractivity contribution in [3.63, 3.8) is 0 Å². The number of phenolic OH excluding ortho intramolecular Hbond substituents is 1. The van der Waals surface area contributed by atoms with Gasteiger partial charge in [-0.3, -0.25) is 4.79 Å². The van der Waals surface area contributed by atoms with E-state index in [1.807, 2.05) is 0 Å². The van der Waals surface area contributed by atoms with Crippen LogP contribution in [-0.4, -0.2) is 37.2 Å². The molecular formula is C18H18O6. The van der Waals surface area contributed by atoms with Gasteiger partial charge >= 0.3 is 5.97 Å². The SMILES string of the molecule is COc1cc(C(=O)OC(C)C(=O)c2ccccc2)cc(OC)c1O. The second-order valence-electron chi connectivity index (χ2n) is 5.01. The quantitative estimate of drug-likeness (QED) is 0.648. The number of carbonyl (C=O) groups is 2. The first-order valence-electron chi connectivity index (χ1n) is 7.23. The molecule has 0 radical (unpaired) electrons. The Bertz CT molecular complexity index is 713. The average molecular weight is 330 g/mol. The number of ketones is 1. The van der Waals surface area contributed by atoms with E-state index in [-0.39, 0.29) is 28.6 Å². The van der Waals surface area contributed by atoms with Gasteiger partial charge in [-0.2, -0.15) is 0 Å². The van der Waals surface area contributed by atoms with E-state index in [2.05, 4.69) is 0 Å². The molecule has 0 saturated carbocycles. The van der Waals surface area contributed by atoms with Crippen molar-refractivity contribution in [1.82, 2.24) is 0 Å². The van der Waals surface area contributed by atoms with Crippen LogP contribution >= 0.6 is 0 Å². The Morgan fingerprint density at radius 3 is 2.00 bits per heavy atom. The van der Waals surface area contributed by atoms with E-state index >= 15 is 0 Å². The molecule has 6 nitrogen and oxygen atoms in total. The maximum atomic E-state index is 12.3. The number of hydrogen-bond donors (Lipinski definition) is 1. The maximum Gasteiger partial charge on any atom is 0.339 e. The predicted molar refractivity (Wildman–Crippen MR) is 86.9 cm³/mol. The molecule has 0 heterocycles. The van der Waals surface area contributed by atoms with Crippen molar-refractivity contribution in [3.8, 4) is 17.2 Å². The van der Waals surface area contributed by atoms with Gasteiger partial charge < -0.3 is 19.3 Å². The first-order valence-corrected chi connectivity index (χ1v) is 7.23. The van der Waals surface area contributed by atoms with Crippen LogP contribution in [0.2, 0.25) is 0 Å². The lowest BCUT2D eigenvalue weighted by atomic mass is 10.1. The van der Waals surface area contributed by atoms with E-state index in [0.29, 0.717) is 5.56 Å². The molecule has 0 spiro atoms. The maximum absolute atomic E-state index is 12.3. The van der Waals surface area contributed by atoms with Crippen LogP contribution in [0.4, 0.5) is 0 Å². The Balaban J connectivity index is 2.19. The Morgan fingerprint density at radius 1 is 0.958 bits per heavy atom. The largest absolute Gasteiger partial charge is 0.502 e. The van der Waals surface area contributed by atoms with Crippen molar-refractivity contribution in [1.29, 1.82) is 0 Å². The van der Waals surface area contributed by atoms with Gasteiger partial charge in [0.2, 0.25) is 11.5 Å². The van der Waals surface area contributed by atoms with Gasteiger partial charge in [0, 0.05) is 5.56 Å². The molecule has 0 aliphatic heterocycles. The van der Waals surface area contributed by atoms with Crippen LogP contribution in [0, 0.1) is 0 Å². The van der Waals surface area contributed by atoms with E-state index in [9.17, 15) is 14.7 Å². The molecule has 0 bridgehead atoms. The number of rotatable bonds is 6. The van der Waals surface area contributed by atoms with Gasteiger partial charge in [-0.25, -0.2) is 4.79 Å². The lowest BCUT2D eigenvalue weighted by molar-refractivity contribution is 0.0318. The summed E-state index contributed by atoms with van der Waals surface area (Å²) in [6.07, 6.45) is -0.953. The van der Waals surface area contributed by atoms with Gasteiger partial charge in [0.1, 0.15) is 0 Å². The fourth-order valence-electron chi connectivity index (χ4n) is 2.13. The van der Waals surface area contributed by atoms with Gasteiger partial charge in [-0.1, -0.05) is 30.3 Å². The summed E-state index contributed by atoms with van der Waals surface area (Å²) < 4.78 is 15.2. The average Bonchev–Trinajstić information content (AvgIpc) is 2.61. The summed E-state index contributed by atoms with van der Waals surface area (Å²) in [4.78, 5) is 24.5. The van der Waals surface area contributed by atoms with Crippen LogP contribution in [0.15, 0.2) is 42.5 Å². The predicted octanol–water partition coefficient (Wildman–Crippen LogP) is 2.84. The molecule has 0 aliphatic carbocycles. The number of esters is 1. The van der Waals surface area contributed by atoms with Crippen molar-refractivity contribution < 1.29 is 28.9 Å². The molecule has 2 rings (SSSR count). The molecular weight excluding hydrogens is 312 g/mol. The molecule has 1 N–H and O–H groups in total. The van der Waals surface area contributed by atoms with Crippen molar-refractivity contribution in [2.45, 2.75) is 13.0 Å². The minimum atomic E-state index is -0.953. The smallest absolute Gasteiger partial charge is 0.339 e. The van der Waals surface area contributed by atoms with Crippen molar-refractivity contribution >= 4 is 11.8 Å². The van der Waals surface area contributed by atoms with E-state index in [0.717, 1.165) is 0 Å². The number of methoxy groups -OCH3 is 2. The van der Waals surface area contributed by atoms with Crippen LogP contribution < -0.4 is 9.47 Å². The number of ether oxygens (including phenoxy) is 3. The summed E-state index contributed by atoms with van der Waals surface area (Å²) in [5.74, 6) is -1.10. The minimum absolute atomic E-state index is 0.0725. The van der Waals surface area contributed by atoms with Crippen LogP contribution in [0.5, 0.6) is 17.2 Å². The number of aromatic hydroxyl groups is 1. The molecule has 2 aromatic rings. The first kappa shape index (κ1) is 17.3. The zero-order valence-corrected chi connectivity index (χ0v) is 13.6. The van der Waals surface area contributed by atoms with Crippen molar-refractivity contribution in [2.24, 2.45) is 0 Å². The second kappa shape index (κ2) is 7.50. The number of carbonyl (C=O) groups excluding carboxylic acids is 2. The monoisotopic (exact) mass is 330 g/mol. The highest BCUT2D eigenvalue weighted by Crippen LogP contribution is 2.37. The molecule has 126 valence electrons. The molecule has 1 unspecified atom stereocenters. The number of phenols is 1. The van der Waals surface area contributed by atoms with Crippen LogP contribution in [0.1, 0.15) is 27.6 Å². The lowest BCUT2D eigenvalue weighted by Crippen LogP contribution is -2.24. The molecule has 2 aromatic carbocycles. The molecule has 0 amide bonds. The number of hydrogen-bond acceptors (Lipinski definition) is 6. The van der Waals surface area contributed by atoms with Crippen LogP contribution in [0.3, 0.4) is 0 Å². The molecule has 24 heavy (non-hydrogen) atoms. The fraction of sp³-hybridized carbons (Fsp3) is 0.222. The summed E-state index contributed by atoms with van der Waals surface area (Å²) in [6, 6.07) is 11.2. The number of Topliss-reactive ketones (excluding diaryl/α,β-unsaturated/α-hetero) is 1. The highest BCUT2D eigenvalue weighted by molar-refractivity contribution is 6.01. The van der Waals surface area contributed by atoms with Crippen LogP contribution in [-0.2, 0) is 4.74 Å². The molecule has 0 saturated heterocycles.